The van der Waals surface area contributed by atoms with Gasteiger partial charge in [-0.25, -0.2) is 0 Å². The molecule has 0 unspecified atom stereocenters. The maximum absolute atomic E-state index is 12.3. The Morgan fingerprint density at radius 3 is 2.61 bits per heavy atom. The van der Waals surface area contributed by atoms with Crippen molar-refractivity contribution < 1.29 is 4.79 Å². The van der Waals surface area contributed by atoms with Gasteiger partial charge in [0.1, 0.15) is 0 Å². The topological polar surface area (TPSA) is 36.4 Å². The van der Waals surface area contributed by atoms with Crippen LogP contribution in [0.5, 0.6) is 0 Å². The Balaban J connectivity index is 2.08. The Labute approximate surface area is 113 Å². The number of aryl methyl sites for hydroxylation is 1. The predicted octanol–water partition coefficient (Wildman–Crippen LogP) is 1.82. The fraction of sp³-hybridized carbons (Fsp3) is 0.538. The van der Waals surface area contributed by atoms with E-state index in [0.29, 0.717) is 10.6 Å². The zero-order valence-electron chi connectivity index (χ0n) is 10.8. The van der Waals surface area contributed by atoms with Crippen LogP contribution in [0.25, 0.3) is 0 Å². The predicted molar refractivity (Wildman–Crippen MR) is 72.0 cm³/mol. The second kappa shape index (κ2) is 5.67. The normalized spacial score (nSPS) is 16.9. The van der Waals surface area contributed by atoms with Crippen LogP contribution in [0.2, 0.25) is 5.02 Å². The lowest BCUT2D eigenvalue weighted by atomic mass is 10.2. The third-order valence-corrected chi connectivity index (χ3v) is 3.64. The molecule has 2 heterocycles. The maximum Gasteiger partial charge on any atom is 0.257 e. The molecule has 2 rings (SSSR count). The van der Waals surface area contributed by atoms with E-state index in [1.165, 1.54) is 0 Å². The minimum absolute atomic E-state index is 0.0109. The largest absolute Gasteiger partial charge is 0.336 e. The van der Waals surface area contributed by atoms with Crippen molar-refractivity contribution in [2.45, 2.75) is 13.8 Å². The summed E-state index contributed by atoms with van der Waals surface area (Å²) in [7, 11) is 0. The van der Waals surface area contributed by atoms with E-state index in [1.807, 2.05) is 11.8 Å². The first-order chi connectivity index (χ1) is 8.61. The minimum atomic E-state index is -0.0109. The number of carbonyl (C=O) groups is 1. The average Bonchev–Trinajstić information content (AvgIpc) is 2.38. The lowest BCUT2D eigenvalue weighted by Gasteiger charge is -2.34. The zero-order chi connectivity index (χ0) is 13.1. The lowest BCUT2D eigenvalue weighted by Crippen LogP contribution is -2.48. The number of pyridine rings is 1. The van der Waals surface area contributed by atoms with Gasteiger partial charge in [-0.05, 0) is 19.5 Å². The van der Waals surface area contributed by atoms with Gasteiger partial charge in [0.05, 0.1) is 10.6 Å². The van der Waals surface area contributed by atoms with E-state index >= 15 is 0 Å². The van der Waals surface area contributed by atoms with E-state index in [9.17, 15) is 4.79 Å². The Kier molecular flexibility index (Phi) is 4.19. The number of nitrogens with zero attached hydrogens (tertiary/aromatic N) is 3. The first-order valence-electron chi connectivity index (χ1n) is 6.25. The molecule has 0 bridgehead atoms. The molecular weight excluding hydrogens is 250 g/mol. The van der Waals surface area contributed by atoms with E-state index in [2.05, 4.69) is 16.8 Å². The molecule has 0 saturated carbocycles. The summed E-state index contributed by atoms with van der Waals surface area (Å²) in [6.45, 7) is 8.42. The quantitative estimate of drug-likeness (QED) is 0.820. The van der Waals surface area contributed by atoms with E-state index < -0.39 is 0 Å². The number of hydrogen-bond acceptors (Lipinski definition) is 3. The van der Waals surface area contributed by atoms with Gasteiger partial charge < -0.3 is 9.80 Å². The van der Waals surface area contributed by atoms with Crippen molar-refractivity contribution in [1.82, 2.24) is 14.8 Å². The Morgan fingerprint density at radius 1 is 1.39 bits per heavy atom. The van der Waals surface area contributed by atoms with Crippen LogP contribution in [0.3, 0.4) is 0 Å². The van der Waals surface area contributed by atoms with E-state index in [-0.39, 0.29) is 5.91 Å². The van der Waals surface area contributed by atoms with Gasteiger partial charge in [-0.1, -0.05) is 18.5 Å². The van der Waals surface area contributed by atoms with Crippen LogP contribution in [0.4, 0.5) is 0 Å². The third-order valence-electron chi connectivity index (χ3n) is 3.33. The first-order valence-corrected chi connectivity index (χ1v) is 6.63. The highest BCUT2D eigenvalue weighted by molar-refractivity contribution is 6.33. The van der Waals surface area contributed by atoms with E-state index in [1.54, 1.807) is 12.3 Å². The standard InChI is InChI=1S/C13H18ClN3O/c1-3-16-4-6-17(7-5-16)13(18)11-9-15-10(2)8-12(11)14/h8-9H,3-7H2,1-2H3. The smallest absolute Gasteiger partial charge is 0.257 e. The van der Waals surface area contributed by atoms with Crippen LogP contribution in [-0.4, -0.2) is 53.4 Å². The Bertz CT molecular complexity index is 442. The molecule has 4 nitrogen and oxygen atoms in total. The van der Waals surface area contributed by atoms with Gasteiger partial charge in [0.15, 0.2) is 0 Å². The maximum atomic E-state index is 12.3. The lowest BCUT2D eigenvalue weighted by molar-refractivity contribution is 0.0643. The molecule has 1 fully saturated rings. The zero-order valence-corrected chi connectivity index (χ0v) is 11.6. The van der Waals surface area contributed by atoms with Gasteiger partial charge in [-0.15, -0.1) is 0 Å². The first kappa shape index (κ1) is 13.3. The molecule has 1 aliphatic heterocycles. The molecule has 0 aromatic carbocycles. The van der Waals surface area contributed by atoms with Crippen molar-refractivity contribution in [1.29, 1.82) is 0 Å². The van der Waals surface area contributed by atoms with Crippen LogP contribution >= 0.6 is 11.6 Å². The summed E-state index contributed by atoms with van der Waals surface area (Å²) in [6.07, 6.45) is 1.58. The monoisotopic (exact) mass is 267 g/mol. The summed E-state index contributed by atoms with van der Waals surface area (Å²) >= 11 is 6.10. The van der Waals surface area contributed by atoms with Crippen molar-refractivity contribution >= 4 is 17.5 Å². The molecule has 18 heavy (non-hydrogen) atoms. The molecule has 5 heteroatoms. The van der Waals surface area contributed by atoms with Crippen molar-refractivity contribution in [3.8, 4) is 0 Å². The highest BCUT2D eigenvalue weighted by Crippen LogP contribution is 2.18. The van der Waals surface area contributed by atoms with Crippen LogP contribution in [0.15, 0.2) is 12.3 Å². The Morgan fingerprint density at radius 2 is 2.06 bits per heavy atom. The molecular formula is C13H18ClN3O. The van der Waals surface area contributed by atoms with Crippen molar-refractivity contribution in [3.63, 3.8) is 0 Å². The molecule has 1 amide bonds. The molecule has 1 aromatic rings. The second-order valence-corrected chi connectivity index (χ2v) is 4.94. The molecule has 1 aromatic heterocycles. The number of likely N-dealkylation sites (N-methyl/N-ethyl adjacent to an activating group) is 1. The molecule has 1 aliphatic rings. The highest BCUT2D eigenvalue weighted by Gasteiger charge is 2.23. The SMILES string of the molecule is CCN1CCN(C(=O)c2cnc(C)cc2Cl)CC1. The summed E-state index contributed by atoms with van der Waals surface area (Å²) in [5.41, 5.74) is 1.33. The van der Waals surface area contributed by atoms with Gasteiger partial charge in [-0.3, -0.25) is 9.78 Å². The number of hydrogen-bond donors (Lipinski definition) is 0. The number of amides is 1. The number of halogens is 1. The number of aromatic nitrogens is 1. The van der Waals surface area contributed by atoms with Crippen LogP contribution in [0, 0.1) is 6.92 Å². The van der Waals surface area contributed by atoms with Crippen molar-refractivity contribution in [3.05, 3.63) is 28.5 Å². The third kappa shape index (κ3) is 2.82. The Hall–Kier alpha value is -1.13. The van der Waals surface area contributed by atoms with Gasteiger partial charge in [0.2, 0.25) is 0 Å². The molecule has 1 saturated heterocycles. The number of carbonyl (C=O) groups excluding carboxylic acids is 1. The molecule has 0 N–H and O–H groups in total. The van der Waals surface area contributed by atoms with Crippen molar-refractivity contribution in [2.75, 3.05) is 32.7 Å². The van der Waals surface area contributed by atoms with E-state index in [0.717, 1.165) is 38.4 Å². The van der Waals surface area contributed by atoms with Gasteiger partial charge in [0.25, 0.3) is 5.91 Å². The summed E-state index contributed by atoms with van der Waals surface area (Å²) < 4.78 is 0. The van der Waals surface area contributed by atoms with Crippen LogP contribution < -0.4 is 0 Å². The number of piperazine rings is 1. The summed E-state index contributed by atoms with van der Waals surface area (Å²) in [5.74, 6) is -0.0109. The molecule has 0 radical (unpaired) electrons. The summed E-state index contributed by atoms with van der Waals surface area (Å²) in [6, 6.07) is 1.73. The van der Waals surface area contributed by atoms with E-state index in [4.69, 9.17) is 11.6 Å². The van der Waals surface area contributed by atoms with Crippen molar-refractivity contribution in [2.24, 2.45) is 0 Å². The molecule has 98 valence electrons. The summed E-state index contributed by atoms with van der Waals surface area (Å²) in [4.78, 5) is 20.6. The van der Waals surface area contributed by atoms with Gasteiger partial charge in [0, 0.05) is 38.1 Å². The average molecular weight is 268 g/mol. The summed E-state index contributed by atoms with van der Waals surface area (Å²) in [5, 5.41) is 0.491. The highest BCUT2D eigenvalue weighted by atomic mass is 35.5. The van der Waals surface area contributed by atoms with Crippen LogP contribution in [-0.2, 0) is 0 Å². The van der Waals surface area contributed by atoms with Crippen LogP contribution in [0.1, 0.15) is 23.0 Å². The molecule has 0 atom stereocenters. The minimum Gasteiger partial charge on any atom is -0.336 e. The fourth-order valence-corrected chi connectivity index (χ4v) is 2.41. The second-order valence-electron chi connectivity index (χ2n) is 4.53. The number of rotatable bonds is 2. The molecule has 0 aliphatic carbocycles. The fourth-order valence-electron chi connectivity index (χ4n) is 2.12. The van der Waals surface area contributed by atoms with Gasteiger partial charge in [-0.2, -0.15) is 0 Å². The van der Waals surface area contributed by atoms with Gasteiger partial charge >= 0.3 is 0 Å². The molecule has 0 spiro atoms.